The average Bonchev–Trinajstić information content (AvgIpc) is 2.81. The van der Waals surface area contributed by atoms with E-state index in [-0.39, 0.29) is 5.91 Å². The van der Waals surface area contributed by atoms with Gasteiger partial charge >= 0.3 is 0 Å². The number of nitrogens with zero attached hydrogens (tertiary/aromatic N) is 2. The molecular weight excluding hydrogens is 222 g/mol. The van der Waals surface area contributed by atoms with Crippen molar-refractivity contribution in [3.05, 3.63) is 40.7 Å². The van der Waals surface area contributed by atoms with E-state index in [0.717, 1.165) is 0 Å². The molecule has 2 heterocycles. The normalized spacial score (nSPS) is 10.1. The lowest BCUT2D eigenvalue weighted by atomic mass is 10.3. The lowest BCUT2D eigenvalue weighted by Crippen LogP contribution is -2.27. The molecule has 0 fully saturated rings. The Labute approximate surface area is 97.3 Å². The molecule has 0 aliphatic heterocycles. The Kier molecular flexibility index (Phi) is 2.87. The van der Waals surface area contributed by atoms with E-state index < -0.39 is 0 Å². The second kappa shape index (κ2) is 4.32. The minimum absolute atomic E-state index is 0.0969. The van der Waals surface area contributed by atoms with E-state index in [1.165, 1.54) is 16.2 Å². The first kappa shape index (κ1) is 10.6. The van der Waals surface area contributed by atoms with Crippen molar-refractivity contribution >= 4 is 28.7 Å². The number of hydrogen-bond acceptors (Lipinski definition) is 4. The Bertz CT molecular complexity index is 496. The number of pyridine rings is 1. The summed E-state index contributed by atoms with van der Waals surface area (Å²) in [6.45, 7) is 0. The van der Waals surface area contributed by atoms with Gasteiger partial charge in [-0.25, -0.2) is 4.98 Å². The van der Waals surface area contributed by atoms with Gasteiger partial charge in [0.1, 0.15) is 0 Å². The first-order valence-corrected chi connectivity index (χ1v) is 5.60. The Hall–Kier alpha value is -1.88. The van der Waals surface area contributed by atoms with Crippen LogP contribution in [0, 0.1) is 0 Å². The zero-order valence-corrected chi connectivity index (χ0v) is 9.57. The number of thiophene rings is 1. The molecular formula is C11H11N3OS. The van der Waals surface area contributed by atoms with Crippen molar-refractivity contribution in [2.45, 2.75) is 0 Å². The fourth-order valence-corrected chi connectivity index (χ4v) is 2.05. The number of aromatic nitrogens is 1. The third-order valence-electron chi connectivity index (χ3n) is 2.17. The van der Waals surface area contributed by atoms with Crippen molar-refractivity contribution in [2.75, 3.05) is 17.7 Å². The molecule has 2 rings (SSSR count). The summed E-state index contributed by atoms with van der Waals surface area (Å²) in [6.07, 6.45) is 1.61. The van der Waals surface area contributed by atoms with Crippen LogP contribution in [0.15, 0.2) is 35.8 Å². The fraction of sp³-hybridized carbons (Fsp3) is 0.0909. The maximum Gasteiger partial charge on any atom is 0.269 e. The lowest BCUT2D eigenvalue weighted by Gasteiger charge is -2.16. The lowest BCUT2D eigenvalue weighted by molar-refractivity contribution is 0.0996. The molecule has 0 spiro atoms. The van der Waals surface area contributed by atoms with Crippen molar-refractivity contribution < 1.29 is 4.79 Å². The predicted molar refractivity (Wildman–Crippen MR) is 65.7 cm³/mol. The molecule has 0 saturated carbocycles. The minimum atomic E-state index is -0.0969. The van der Waals surface area contributed by atoms with Crippen LogP contribution in [0.4, 0.5) is 11.5 Å². The largest absolute Gasteiger partial charge is 0.396 e. The number of hydrogen-bond donors (Lipinski definition) is 1. The van der Waals surface area contributed by atoms with Crippen molar-refractivity contribution in [1.29, 1.82) is 0 Å². The number of carbonyl (C=O) groups is 1. The summed E-state index contributed by atoms with van der Waals surface area (Å²) >= 11 is 1.40. The number of anilines is 2. The molecule has 0 atom stereocenters. The summed E-state index contributed by atoms with van der Waals surface area (Å²) in [4.78, 5) is 18.2. The van der Waals surface area contributed by atoms with Crippen LogP contribution in [0.25, 0.3) is 0 Å². The van der Waals surface area contributed by atoms with E-state index in [1.54, 1.807) is 31.4 Å². The second-order valence-corrected chi connectivity index (χ2v) is 4.21. The van der Waals surface area contributed by atoms with E-state index in [1.807, 2.05) is 11.4 Å². The highest BCUT2D eigenvalue weighted by Crippen LogP contribution is 2.21. The number of carbonyl (C=O) groups excluding carboxylic acids is 1. The molecule has 4 nitrogen and oxygen atoms in total. The molecule has 0 unspecified atom stereocenters. The first-order valence-electron chi connectivity index (χ1n) is 4.72. The predicted octanol–water partition coefficient (Wildman–Crippen LogP) is 2.00. The van der Waals surface area contributed by atoms with Crippen LogP contribution in [0.5, 0.6) is 0 Å². The Morgan fingerprint density at radius 2 is 2.25 bits per heavy atom. The molecule has 0 aromatic carbocycles. The monoisotopic (exact) mass is 233 g/mol. The van der Waals surface area contributed by atoms with Gasteiger partial charge < -0.3 is 5.73 Å². The highest BCUT2D eigenvalue weighted by atomic mass is 32.1. The summed E-state index contributed by atoms with van der Waals surface area (Å²) in [5.41, 5.74) is 6.25. The third-order valence-corrected chi connectivity index (χ3v) is 3.03. The number of rotatable bonds is 2. The number of nitrogen functional groups attached to an aromatic ring is 1. The molecule has 1 amide bonds. The molecule has 82 valence electrons. The van der Waals surface area contributed by atoms with Crippen molar-refractivity contribution in [3.8, 4) is 0 Å². The van der Waals surface area contributed by atoms with Gasteiger partial charge in [-0.1, -0.05) is 6.07 Å². The summed E-state index contributed by atoms with van der Waals surface area (Å²) in [5, 5.41) is 1.86. The van der Waals surface area contributed by atoms with E-state index in [2.05, 4.69) is 4.98 Å². The summed E-state index contributed by atoms with van der Waals surface area (Å²) in [5.74, 6) is 0.390. The molecule has 0 saturated heterocycles. The van der Waals surface area contributed by atoms with Gasteiger partial charge in [0.15, 0.2) is 5.82 Å². The number of nitrogens with two attached hydrogens (primary N) is 1. The molecule has 2 aromatic heterocycles. The molecule has 0 aliphatic carbocycles. The quantitative estimate of drug-likeness (QED) is 0.863. The standard InChI is InChI=1S/C11H11N3OS/c1-14(10-8(12)4-2-6-13-10)11(15)9-5-3-7-16-9/h2-7H,12H2,1H3. The zero-order chi connectivity index (χ0) is 11.5. The Morgan fingerprint density at radius 3 is 2.88 bits per heavy atom. The maximum atomic E-state index is 12.0. The highest BCUT2D eigenvalue weighted by molar-refractivity contribution is 7.12. The average molecular weight is 233 g/mol. The molecule has 2 N–H and O–H groups in total. The van der Waals surface area contributed by atoms with Gasteiger partial charge in [-0.05, 0) is 23.6 Å². The summed E-state index contributed by atoms with van der Waals surface area (Å²) in [7, 11) is 1.67. The van der Waals surface area contributed by atoms with Crippen molar-refractivity contribution in [3.63, 3.8) is 0 Å². The molecule has 2 aromatic rings. The summed E-state index contributed by atoms with van der Waals surface area (Å²) < 4.78 is 0. The van der Waals surface area contributed by atoms with Crippen LogP contribution >= 0.6 is 11.3 Å². The van der Waals surface area contributed by atoms with E-state index >= 15 is 0 Å². The van der Waals surface area contributed by atoms with E-state index in [4.69, 9.17) is 5.73 Å². The van der Waals surface area contributed by atoms with Gasteiger partial charge in [-0.3, -0.25) is 9.69 Å². The summed E-state index contributed by atoms with van der Waals surface area (Å²) in [6, 6.07) is 7.08. The maximum absolute atomic E-state index is 12.0. The van der Waals surface area contributed by atoms with Crippen LogP contribution < -0.4 is 10.6 Å². The van der Waals surface area contributed by atoms with Gasteiger partial charge in [-0.2, -0.15) is 0 Å². The van der Waals surface area contributed by atoms with Crippen LogP contribution in [0.1, 0.15) is 9.67 Å². The SMILES string of the molecule is CN(C(=O)c1cccs1)c1ncccc1N. The Balaban J connectivity index is 2.30. The highest BCUT2D eigenvalue weighted by Gasteiger charge is 2.16. The molecule has 0 bridgehead atoms. The Morgan fingerprint density at radius 1 is 1.44 bits per heavy atom. The first-order chi connectivity index (χ1) is 7.70. The topological polar surface area (TPSA) is 59.2 Å². The molecule has 5 heteroatoms. The smallest absolute Gasteiger partial charge is 0.269 e. The second-order valence-electron chi connectivity index (χ2n) is 3.26. The molecule has 0 radical (unpaired) electrons. The number of amides is 1. The van der Waals surface area contributed by atoms with Crippen LogP contribution in [0.3, 0.4) is 0 Å². The van der Waals surface area contributed by atoms with Crippen molar-refractivity contribution in [1.82, 2.24) is 4.98 Å². The van der Waals surface area contributed by atoms with Crippen LogP contribution in [-0.4, -0.2) is 17.9 Å². The van der Waals surface area contributed by atoms with Gasteiger partial charge in [0.05, 0.1) is 10.6 Å². The van der Waals surface area contributed by atoms with Gasteiger partial charge in [0.25, 0.3) is 5.91 Å². The van der Waals surface area contributed by atoms with Gasteiger partial charge in [0.2, 0.25) is 0 Å². The molecule has 0 aliphatic rings. The van der Waals surface area contributed by atoms with Crippen molar-refractivity contribution in [2.24, 2.45) is 0 Å². The van der Waals surface area contributed by atoms with E-state index in [9.17, 15) is 4.79 Å². The molecule has 16 heavy (non-hydrogen) atoms. The van der Waals surface area contributed by atoms with Gasteiger partial charge in [0, 0.05) is 13.2 Å². The fourth-order valence-electron chi connectivity index (χ4n) is 1.35. The van der Waals surface area contributed by atoms with Crippen LogP contribution in [0.2, 0.25) is 0 Å². The van der Waals surface area contributed by atoms with Gasteiger partial charge in [-0.15, -0.1) is 11.3 Å². The minimum Gasteiger partial charge on any atom is -0.396 e. The van der Waals surface area contributed by atoms with E-state index in [0.29, 0.717) is 16.4 Å². The third kappa shape index (κ3) is 1.90. The zero-order valence-electron chi connectivity index (χ0n) is 8.75. The van der Waals surface area contributed by atoms with Crippen LogP contribution in [-0.2, 0) is 0 Å².